The van der Waals surface area contributed by atoms with Crippen LogP contribution in [0, 0.1) is 0 Å². The van der Waals surface area contributed by atoms with Gasteiger partial charge in [-0.3, -0.25) is 9.59 Å². The number of nitrogens with one attached hydrogen (secondary N) is 2. The number of carbonyl (C=O) groups excluding carboxylic acids is 2. The summed E-state index contributed by atoms with van der Waals surface area (Å²) in [4.78, 5) is 26.6. The highest BCUT2D eigenvalue weighted by atomic mass is 16.2. The molecule has 2 N–H and O–H groups in total. The van der Waals surface area contributed by atoms with E-state index in [2.05, 4.69) is 39.8 Å². The molecule has 1 heterocycles. The smallest absolute Gasteiger partial charge is 0.253 e. The number of carbonyl (C=O) groups is 2. The number of hydrogen-bond donors (Lipinski definition) is 2. The maximum absolute atomic E-state index is 12.9. The lowest BCUT2D eigenvalue weighted by atomic mass is 9.98. The summed E-state index contributed by atoms with van der Waals surface area (Å²) in [6.45, 7) is 7.14. The van der Waals surface area contributed by atoms with Gasteiger partial charge >= 0.3 is 0 Å². The molecule has 1 aliphatic heterocycles. The van der Waals surface area contributed by atoms with Gasteiger partial charge in [0.25, 0.3) is 5.91 Å². The van der Waals surface area contributed by atoms with E-state index in [4.69, 9.17) is 0 Å². The van der Waals surface area contributed by atoms with Crippen LogP contribution in [0.4, 0.5) is 11.4 Å². The van der Waals surface area contributed by atoms with Gasteiger partial charge in [0, 0.05) is 37.4 Å². The van der Waals surface area contributed by atoms with Crippen LogP contribution in [0.15, 0.2) is 42.5 Å². The molecule has 2 amide bonds. The lowest BCUT2D eigenvalue weighted by Gasteiger charge is -2.32. The topological polar surface area (TPSA) is 61.4 Å². The number of anilines is 2. The lowest BCUT2D eigenvalue weighted by Crippen LogP contribution is -2.35. The molecule has 5 nitrogen and oxygen atoms in total. The molecule has 27 heavy (non-hydrogen) atoms. The minimum atomic E-state index is -0.150. The minimum absolute atomic E-state index is 0.0943. The van der Waals surface area contributed by atoms with Crippen LogP contribution >= 0.6 is 0 Å². The van der Waals surface area contributed by atoms with Crippen LogP contribution in [0.2, 0.25) is 0 Å². The normalized spacial score (nSPS) is 14.3. The fourth-order valence-electron chi connectivity index (χ4n) is 3.38. The molecule has 0 unspecified atom stereocenters. The molecule has 0 aliphatic carbocycles. The van der Waals surface area contributed by atoms with E-state index >= 15 is 0 Å². The average Bonchev–Trinajstić information content (AvgIpc) is 2.67. The minimum Gasteiger partial charge on any atom is -0.366 e. The molecule has 0 fully saturated rings. The molecule has 2 aromatic rings. The van der Waals surface area contributed by atoms with Crippen molar-refractivity contribution >= 4 is 23.2 Å². The second-order valence-corrected chi connectivity index (χ2v) is 7.14. The first-order valence-electron chi connectivity index (χ1n) is 9.52. The number of amides is 2. The maximum Gasteiger partial charge on any atom is 0.253 e. The lowest BCUT2D eigenvalue weighted by molar-refractivity contribution is -0.114. The average molecular weight is 365 g/mol. The second-order valence-electron chi connectivity index (χ2n) is 7.14. The number of nitrogens with zero attached hydrogens (tertiary/aromatic N) is 1. The number of hydrogen-bond acceptors (Lipinski definition) is 3. The van der Waals surface area contributed by atoms with Crippen molar-refractivity contribution in [2.24, 2.45) is 0 Å². The van der Waals surface area contributed by atoms with Crippen molar-refractivity contribution in [3.05, 3.63) is 59.2 Å². The van der Waals surface area contributed by atoms with E-state index < -0.39 is 0 Å². The Labute approximate surface area is 160 Å². The first-order valence-corrected chi connectivity index (χ1v) is 9.52. The van der Waals surface area contributed by atoms with E-state index in [1.54, 1.807) is 6.07 Å². The van der Waals surface area contributed by atoms with Crippen LogP contribution < -0.4 is 15.5 Å². The van der Waals surface area contributed by atoms with E-state index in [-0.39, 0.29) is 17.9 Å². The summed E-state index contributed by atoms with van der Waals surface area (Å²) < 4.78 is 0. The van der Waals surface area contributed by atoms with Crippen LogP contribution in [0.5, 0.6) is 0 Å². The molecular weight excluding hydrogens is 338 g/mol. The Balaban J connectivity index is 1.93. The fourth-order valence-corrected chi connectivity index (χ4v) is 3.38. The molecule has 0 saturated carbocycles. The Bertz CT molecular complexity index is 847. The molecule has 1 atom stereocenters. The van der Waals surface area contributed by atoms with Crippen molar-refractivity contribution in [2.75, 3.05) is 16.8 Å². The van der Waals surface area contributed by atoms with Gasteiger partial charge in [0.05, 0.1) is 5.56 Å². The molecule has 0 bridgehead atoms. The van der Waals surface area contributed by atoms with Gasteiger partial charge in [0.15, 0.2) is 0 Å². The van der Waals surface area contributed by atoms with Crippen LogP contribution in [-0.2, 0) is 17.8 Å². The van der Waals surface area contributed by atoms with Gasteiger partial charge in [-0.1, -0.05) is 31.2 Å². The summed E-state index contributed by atoms with van der Waals surface area (Å²) in [5, 5.41) is 5.82. The molecule has 142 valence electrons. The molecule has 0 aromatic heterocycles. The fraction of sp³-hybridized carbons (Fsp3) is 0.364. The Kier molecular flexibility index (Phi) is 5.79. The first-order chi connectivity index (χ1) is 13.0. The van der Waals surface area contributed by atoms with Crippen molar-refractivity contribution in [1.82, 2.24) is 5.32 Å². The molecule has 2 aromatic carbocycles. The van der Waals surface area contributed by atoms with E-state index in [9.17, 15) is 9.59 Å². The summed E-state index contributed by atoms with van der Waals surface area (Å²) in [6.07, 6.45) is 1.82. The summed E-state index contributed by atoms with van der Waals surface area (Å²) in [5.74, 6) is -0.256. The van der Waals surface area contributed by atoms with E-state index in [0.29, 0.717) is 11.3 Å². The SMILES string of the molecule is CC[C@H](C)NC(=O)c1cc(NC(C)=O)ccc1N1CCc2ccccc2C1. The zero-order chi connectivity index (χ0) is 19.4. The van der Waals surface area contributed by atoms with Gasteiger partial charge in [0.1, 0.15) is 0 Å². The van der Waals surface area contributed by atoms with Crippen molar-refractivity contribution in [3.63, 3.8) is 0 Å². The van der Waals surface area contributed by atoms with E-state index in [1.165, 1.54) is 18.1 Å². The predicted molar refractivity (Wildman–Crippen MR) is 109 cm³/mol. The largest absolute Gasteiger partial charge is 0.366 e. The Hall–Kier alpha value is -2.82. The second kappa shape index (κ2) is 8.25. The molecule has 0 saturated heterocycles. The van der Waals surface area contributed by atoms with Crippen LogP contribution in [0.1, 0.15) is 48.7 Å². The van der Waals surface area contributed by atoms with Gasteiger partial charge < -0.3 is 15.5 Å². The zero-order valence-corrected chi connectivity index (χ0v) is 16.2. The van der Waals surface area contributed by atoms with Gasteiger partial charge in [-0.2, -0.15) is 0 Å². The molecule has 3 rings (SSSR count). The van der Waals surface area contributed by atoms with E-state index in [1.807, 2.05) is 26.0 Å². The third-order valence-electron chi connectivity index (χ3n) is 5.02. The van der Waals surface area contributed by atoms with Crippen molar-refractivity contribution in [2.45, 2.75) is 46.2 Å². The van der Waals surface area contributed by atoms with Crippen molar-refractivity contribution in [1.29, 1.82) is 0 Å². The summed E-state index contributed by atoms with van der Waals surface area (Å²) in [7, 11) is 0. The monoisotopic (exact) mass is 365 g/mol. The Morgan fingerprint density at radius 3 is 2.59 bits per heavy atom. The van der Waals surface area contributed by atoms with Crippen molar-refractivity contribution < 1.29 is 9.59 Å². The Morgan fingerprint density at radius 1 is 1.15 bits per heavy atom. The van der Waals surface area contributed by atoms with E-state index in [0.717, 1.165) is 31.6 Å². The van der Waals surface area contributed by atoms with Gasteiger partial charge in [0.2, 0.25) is 5.91 Å². The number of rotatable bonds is 5. The highest BCUT2D eigenvalue weighted by Gasteiger charge is 2.22. The molecular formula is C22H27N3O2. The molecule has 5 heteroatoms. The van der Waals surface area contributed by atoms with Gasteiger partial charge in [-0.05, 0) is 49.1 Å². The van der Waals surface area contributed by atoms with Crippen molar-refractivity contribution in [3.8, 4) is 0 Å². The third kappa shape index (κ3) is 4.48. The summed E-state index contributed by atoms with van der Waals surface area (Å²) in [6, 6.07) is 14.1. The third-order valence-corrected chi connectivity index (χ3v) is 5.02. The molecule has 0 radical (unpaired) electrons. The van der Waals surface area contributed by atoms with Crippen LogP contribution in [0.25, 0.3) is 0 Å². The summed E-state index contributed by atoms with van der Waals surface area (Å²) >= 11 is 0. The number of benzene rings is 2. The maximum atomic E-state index is 12.9. The van der Waals surface area contributed by atoms with Crippen LogP contribution in [-0.4, -0.2) is 24.4 Å². The predicted octanol–water partition coefficient (Wildman–Crippen LogP) is 3.74. The highest BCUT2D eigenvalue weighted by Crippen LogP contribution is 2.29. The van der Waals surface area contributed by atoms with Gasteiger partial charge in [-0.15, -0.1) is 0 Å². The highest BCUT2D eigenvalue weighted by molar-refractivity contribution is 6.02. The summed E-state index contributed by atoms with van der Waals surface area (Å²) in [5.41, 5.74) is 4.80. The Morgan fingerprint density at radius 2 is 1.89 bits per heavy atom. The number of fused-ring (bicyclic) bond motifs is 1. The van der Waals surface area contributed by atoms with Crippen LogP contribution in [0.3, 0.4) is 0 Å². The quantitative estimate of drug-likeness (QED) is 0.849. The molecule has 1 aliphatic rings. The molecule has 0 spiro atoms. The zero-order valence-electron chi connectivity index (χ0n) is 16.2. The van der Waals surface area contributed by atoms with Gasteiger partial charge in [-0.25, -0.2) is 0 Å². The standard InChI is InChI=1S/C22H27N3O2/c1-4-15(2)23-22(27)20-13-19(24-16(3)26)9-10-21(20)25-12-11-17-7-5-6-8-18(17)14-25/h5-10,13,15H,4,11-12,14H2,1-3H3,(H,23,27)(H,24,26)/t15-/m0/s1. The first kappa shape index (κ1) is 19.0.